The molecule has 2 N–H and O–H groups in total. The van der Waals surface area contributed by atoms with Crippen molar-refractivity contribution >= 4 is 63.2 Å². The minimum atomic E-state index is -0.354. The molecule has 13 heteroatoms. The predicted octanol–water partition coefficient (Wildman–Crippen LogP) is 5.25. The van der Waals surface area contributed by atoms with Gasteiger partial charge in [-0.05, 0) is 43.2 Å². The molecule has 1 aliphatic heterocycles. The number of piperidine rings is 1. The number of methoxy groups -OCH3 is 1. The van der Waals surface area contributed by atoms with Gasteiger partial charge in [-0.1, -0.05) is 35.3 Å². The van der Waals surface area contributed by atoms with E-state index in [1.807, 2.05) is 24.3 Å². The number of anilines is 1. The summed E-state index contributed by atoms with van der Waals surface area (Å²) in [6.45, 7) is 1.91. The van der Waals surface area contributed by atoms with Gasteiger partial charge < -0.3 is 24.8 Å². The Kier molecular flexibility index (Phi) is 8.75. The van der Waals surface area contributed by atoms with Crippen molar-refractivity contribution in [2.24, 2.45) is 0 Å². The molecule has 10 nitrogen and oxygen atoms in total. The fraction of sp³-hybridized carbons (Fsp3) is 0.333. The van der Waals surface area contributed by atoms with Gasteiger partial charge in [-0.3, -0.25) is 9.36 Å². The second-order valence-corrected chi connectivity index (χ2v) is 11.2. The Morgan fingerprint density at radius 3 is 2.70 bits per heavy atom. The van der Waals surface area contributed by atoms with Crippen LogP contribution in [0.1, 0.15) is 34.4 Å². The molecule has 210 valence electrons. The maximum Gasteiger partial charge on any atom is 0.326 e. The van der Waals surface area contributed by atoms with Crippen molar-refractivity contribution in [1.29, 1.82) is 0 Å². The van der Waals surface area contributed by atoms with Crippen molar-refractivity contribution in [3.05, 3.63) is 79.1 Å². The highest BCUT2D eigenvalue weighted by Crippen LogP contribution is 2.27. The van der Waals surface area contributed by atoms with Gasteiger partial charge in [-0.25, -0.2) is 14.6 Å². The molecule has 3 amide bonds. The van der Waals surface area contributed by atoms with Gasteiger partial charge >= 0.3 is 11.7 Å². The van der Waals surface area contributed by atoms with Gasteiger partial charge in [0.1, 0.15) is 10.7 Å². The second-order valence-electron chi connectivity index (χ2n) is 9.44. The van der Waals surface area contributed by atoms with Crippen LogP contribution < -0.4 is 11.0 Å². The Balaban J connectivity index is 1.21. The molecule has 0 atom stereocenters. The van der Waals surface area contributed by atoms with Crippen molar-refractivity contribution in [1.82, 2.24) is 24.3 Å². The van der Waals surface area contributed by atoms with E-state index in [-0.39, 0.29) is 30.2 Å². The van der Waals surface area contributed by atoms with Crippen LogP contribution in [0.2, 0.25) is 10.0 Å². The van der Waals surface area contributed by atoms with Crippen LogP contribution in [0.3, 0.4) is 0 Å². The molecule has 2 aromatic carbocycles. The number of benzene rings is 2. The maximum atomic E-state index is 13.2. The highest BCUT2D eigenvalue weighted by atomic mass is 35.5. The summed E-state index contributed by atoms with van der Waals surface area (Å²) in [4.78, 5) is 49.6. The zero-order chi connectivity index (χ0) is 28.2. The normalized spacial score (nSPS) is 14.0. The van der Waals surface area contributed by atoms with Gasteiger partial charge in [0.05, 0.1) is 34.2 Å². The number of fused-ring (bicyclic) bond motifs is 1. The number of carbonyl (C=O) groups excluding carboxylic acids is 2. The van der Waals surface area contributed by atoms with E-state index in [0.29, 0.717) is 65.5 Å². The van der Waals surface area contributed by atoms with E-state index in [4.69, 9.17) is 27.9 Å². The Hall–Kier alpha value is -3.38. The minimum Gasteiger partial charge on any atom is -0.383 e. The van der Waals surface area contributed by atoms with Gasteiger partial charge in [0.15, 0.2) is 0 Å². The van der Waals surface area contributed by atoms with Gasteiger partial charge in [0.2, 0.25) is 0 Å². The zero-order valence-electron chi connectivity index (χ0n) is 21.7. The third kappa shape index (κ3) is 6.17. The Bertz CT molecular complexity index is 1580. The molecule has 1 fully saturated rings. The summed E-state index contributed by atoms with van der Waals surface area (Å²) >= 11 is 13.4. The monoisotopic (exact) mass is 602 g/mol. The number of nitrogens with one attached hydrogen (secondary N) is 2. The maximum absolute atomic E-state index is 13.2. The number of H-pyrrole nitrogens is 1. The summed E-state index contributed by atoms with van der Waals surface area (Å²) < 4.78 is 6.97. The summed E-state index contributed by atoms with van der Waals surface area (Å²) in [6.07, 6.45) is 1.34. The molecule has 0 spiro atoms. The fourth-order valence-electron chi connectivity index (χ4n) is 4.80. The smallest absolute Gasteiger partial charge is 0.326 e. The molecule has 0 unspecified atom stereocenters. The number of para-hydroxylation sites is 2. The number of carbonyl (C=O) groups is 2. The van der Waals surface area contributed by atoms with Crippen LogP contribution in [-0.4, -0.2) is 69.6 Å². The van der Waals surface area contributed by atoms with E-state index in [1.54, 1.807) is 45.1 Å². The number of aromatic nitrogens is 3. The first-order valence-corrected chi connectivity index (χ1v) is 14.4. The number of aromatic amines is 1. The number of halogens is 2. The molecule has 0 aliphatic carbocycles. The number of rotatable bonds is 8. The molecule has 40 heavy (non-hydrogen) atoms. The molecule has 0 bridgehead atoms. The van der Waals surface area contributed by atoms with Gasteiger partial charge in [-0.2, -0.15) is 0 Å². The topological polar surface area (TPSA) is 113 Å². The predicted molar refractivity (Wildman–Crippen MR) is 157 cm³/mol. The Labute approximate surface area is 244 Å². The average molecular weight is 604 g/mol. The van der Waals surface area contributed by atoms with Crippen molar-refractivity contribution in [3.8, 4) is 0 Å². The van der Waals surface area contributed by atoms with Crippen LogP contribution in [0.5, 0.6) is 0 Å². The van der Waals surface area contributed by atoms with E-state index in [0.717, 1.165) is 11.0 Å². The van der Waals surface area contributed by atoms with E-state index in [9.17, 15) is 14.4 Å². The van der Waals surface area contributed by atoms with Crippen molar-refractivity contribution < 1.29 is 14.3 Å². The van der Waals surface area contributed by atoms with E-state index >= 15 is 0 Å². The third-order valence-electron chi connectivity index (χ3n) is 6.86. The van der Waals surface area contributed by atoms with E-state index < -0.39 is 0 Å². The number of nitrogens with zero attached hydrogens (tertiary/aromatic N) is 4. The van der Waals surface area contributed by atoms with Crippen molar-refractivity contribution in [2.75, 3.05) is 38.7 Å². The number of hydrogen-bond acceptors (Lipinski definition) is 6. The lowest BCUT2D eigenvalue weighted by molar-refractivity contribution is 0.0689. The summed E-state index contributed by atoms with van der Waals surface area (Å²) in [6, 6.07) is 12.1. The lowest BCUT2D eigenvalue weighted by atomic mass is 10.0. The first kappa shape index (κ1) is 28.2. The molecule has 4 aromatic rings. The summed E-state index contributed by atoms with van der Waals surface area (Å²) in [7, 11) is 1.56. The van der Waals surface area contributed by atoms with Crippen LogP contribution in [0.15, 0.2) is 52.6 Å². The number of hydrogen-bond donors (Lipinski definition) is 2. The van der Waals surface area contributed by atoms with Crippen LogP contribution in [0.25, 0.3) is 11.0 Å². The molecule has 2 aromatic heterocycles. The molecule has 0 radical (unpaired) electrons. The SMILES string of the molecule is COCCN(Cc1nc(C(=O)N2CCC(n3c(=O)[nH]c4ccccc43)CC2)cs1)C(=O)Nc1ccc(Cl)c(Cl)c1. The third-order valence-corrected chi connectivity index (χ3v) is 8.43. The lowest BCUT2D eigenvalue weighted by Crippen LogP contribution is -2.40. The molecular weight excluding hydrogens is 575 g/mol. The van der Waals surface area contributed by atoms with Crippen LogP contribution >= 0.6 is 34.5 Å². The van der Waals surface area contributed by atoms with Gasteiger partial charge in [0.25, 0.3) is 5.91 Å². The van der Waals surface area contributed by atoms with Crippen LogP contribution in [-0.2, 0) is 11.3 Å². The van der Waals surface area contributed by atoms with Crippen LogP contribution in [0.4, 0.5) is 10.5 Å². The number of likely N-dealkylation sites (tertiary alicyclic amines) is 1. The minimum absolute atomic E-state index is 0.0158. The highest BCUT2D eigenvalue weighted by molar-refractivity contribution is 7.09. The number of urea groups is 1. The quantitative estimate of drug-likeness (QED) is 0.286. The lowest BCUT2D eigenvalue weighted by Gasteiger charge is -2.32. The first-order valence-electron chi connectivity index (χ1n) is 12.8. The number of imidazole rings is 1. The molecule has 1 aliphatic rings. The molecule has 5 rings (SSSR count). The van der Waals surface area contributed by atoms with Crippen molar-refractivity contribution in [2.45, 2.75) is 25.4 Å². The van der Waals surface area contributed by atoms with E-state index in [2.05, 4.69) is 15.3 Å². The van der Waals surface area contributed by atoms with Crippen molar-refractivity contribution in [3.63, 3.8) is 0 Å². The zero-order valence-corrected chi connectivity index (χ0v) is 24.1. The Morgan fingerprint density at radius 2 is 1.95 bits per heavy atom. The number of ether oxygens (including phenoxy) is 1. The summed E-state index contributed by atoms with van der Waals surface area (Å²) in [5.41, 5.74) is 2.42. The summed E-state index contributed by atoms with van der Waals surface area (Å²) in [5, 5.41) is 5.90. The highest BCUT2D eigenvalue weighted by Gasteiger charge is 2.28. The largest absolute Gasteiger partial charge is 0.383 e. The van der Waals surface area contributed by atoms with E-state index in [1.165, 1.54) is 11.3 Å². The fourth-order valence-corrected chi connectivity index (χ4v) is 5.88. The van der Waals surface area contributed by atoms with Crippen LogP contribution in [0, 0.1) is 0 Å². The Morgan fingerprint density at radius 1 is 1.18 bits per heavy atom. The second kappa shape index (κ2) is 12.4. The number of amides is 3. The molecule has 0 saturated carbocycles. The van der Waals surface area contributed by atoms with Gasteiger partial charge in [0, 0.05) is 43.9 Å². The van der Waals surface area contributed by atoms with Gasteiger partial charge in [-0.15, -0.1) is 11.3 Å². The molecular formula is C27H28Cl2N6O4S. The molecule has 1 saturated heterocycles. The number of thiazole rings is 1. The first-order chi connectivity index (χ1) is 19.3. The molecule has 3 heterocycles. The average Bonchev–Trinajstić information content (AvgIpc) is 3.56. The standard InChI is InChI=1S/C27H28Cl2N6O4S/c1-39-13-12-34(26(37)30-17-6-7-19(28)20(29)14-17)15-24-31-22(16-40-24)25(36)33-10-8-18(9-11-33)35-23-5-3-2-4-21(23)32-27(35)38/h2-7,14,16,18H,8-13,15H2,1H3,(H,30,37)(H,32,38). The summed E-state index contributed by atoms with van der Waals surface area (Å²) in [5.74, 6) is -0.157.